The third-order valence-corrected chi connectivity index (χ3v) is 6.14. The number of carbonyl (C=O) groups is 1. The van der Waals surface area contributed by atoms with Crippen LogP contribution in [0.4, 0.5) is 5.69 Å². The summed E-state index contributed by atoms with van der Waals surface area (Å²) in [5, 5.41) is 0. The zero-order valence-corrected chi connectivity index (χ0v) is 18.0. The molecule has 0 saturated heterocycles. The lowest BCUT2D eigenvalue weighted by Crippen LogP contribution is -3.00. The first-order valence-electron chi connectivity index (χ1n) is 8.69. The molecule has 136 valence electrons. The highest BCUT2D eigenvalue weighted by molar-refractivity contribution is 7.96. The molecule has 0 spiro atoms. The van der Waals surface area contributed by atoms with Gasteiger partial charge >= 0.3 is 0 Å². The van der Waals surface area contributed by atoms with Gasteiger partial charge in [-0.2, -0.15) is 0 Å². The topological polar surface area (TPSA) is 20.3 Å². The standard InChI is InChI=1S/C21H28NOS.BrH/c1-5-17-13-14-19(20(15-17)22(6-2)7-3)21(23)16-24(4)18-11-9-8-10-12-18;/h8-15H,5-7,16H2,1-4H3;1H/q+1;/p-1. The van der Waals surface area contributed by atoms with E-state index in [0.29, 0.717) is 5.75 Å². The van der Waals surface area contributed by atoms with Gasteiger partial charge in [0.15, 0.2) is 10.6 Å². The van der Waals surface area contributed by atoms with Gasteiger partial charge < -0.3 is 21.9 Å². The second-order valence-corrected chi connectivity index (χ2v) is 7.93. The molecule has 0 heterocycles. The molecular formula is C21H28BrNOS. The third kappa shape index (κ3) is 5.61. The Balaban J connectivity index is 0.00000312. The molecule has 0 aliphatic rings. The van der Waals surface area contributed by atoms with Crippen molar-refractivity contribution in [2.45, 2.75) is 32.1 Å². The fourth-order valence-corrected chi connectivity index (χ4v) is 4.21. The summed E-state index contributed by atoms with van der Waals surface area (Å²) in [6.45, 7) is 8.28. The number of anilines is 1. The van der Waals surface area contributed by atoms with Crippen molar-refractivity contribution in [1.29, 1.82) is 0 Å². The highest BCUT2D eigenvalue weighted by Crippen LogP contribution is 2.25. The number of hydrogen-bond donors (Lipinski definition) is 0. The number of Topliss-reactive ketones (excluding diaryl/α,β-unsaturated/α-hetero) is 1. The summed E-state index contributed by atoms with van der Waals surface area (Å²) in [4.78, 5) is 16.5. The van der Waals surface area contributed by atoms with Gasteiger partial charge in [-0.3, -0.25) is 4.79 Å². The molecule has 1 atom stereocenters. The second-order valence-electron chi connectivity index (χ2n) is 5.90. The number of rotatable bonds is 8. The lowest BCUT2D eigenvalue weighted by molar-refractivity contribution is -0.0000130. The Labute approximate surface area is 165 Å². The molecule has 0 aromatic heterocycles. The van der Waals surface area contributed by atoms with Gasteiger partial charge in [-0.25, -0.2) is 0 Å². The summed E-state index contributed by atoms with van der Waals surface area (Å²) < 4.78 is 0. The molecule has 4 heteroatoms. The van der Waals surface area contributed by atoms with E-state index >= 15 is 0 Å². The molecule has 2 rings (SSSR count). The van der Waals surface area contributed by atoms with E-state index in [4.69, 9.17) is 0 Å². The van der Waals surface area contributed by atoms with Gasteiger partial charge in [0.25, 0.3) is 0 Å². The first-order valence-corrected chi connectivity index (χ1v) is 10.5. The van der Waals surface area contributed by atoms with Crippen molar-refractivity contribution in [2.24, 2.45) is 0 Å². The van der Waals surface area contributed by atoms with Gasteiger partial charge in [0.2, 0.25) is 5.78 Å². The molecule has 2 aromatic rings. The van der Waals surface area contributed by atoms with E-state index in [1.807, 2.05) is 24.3 Å². The monoisotopic (exact) mass is 421 g/mol. The molecule has 1 unspecified atom stereocenters. The Morgan fingerprint density at radius 3 is 2.20 bits per heavy atom. The molecule has 2 aromatic carbocycles. The van der Waals surface area contributed by atoms with Crippen LogP contribution in [0.5, 0.6) is 0 Å². The predicted octanol–water partition coefficient (Wildman–Crippen LogP) is 1.59. The number of nitrogens with zero attached hydrogens (tertiary/aromatic N) is 1. The molecule has 0 bridgehead atoms. The average Bonchev–Trinajstić information content (AvgIpc) is 2.63. The van der Waals surface area contributed by atoms with Crippen LogP contribution >= 0.6 is 0 Å². The van der Waals surface area contributed by atoms with Crippen molar-refractivity contribution in [3.8, 4) is 0 Å². The Morgan fingerprint density at radius 2 is 1.64 bits per heavy atom. The van der Waals surface area contributed by atoms with Crippen molar-refractivity contribution in [1.82, 2.24) is 0 Å². The molecule has 0 radical (unpaired) electrons. The summed E-state index contributed by atoms with van der Waals surface area (Å²) in [6.07, 6.45) is 3.15. The molecule has 0 fully saturated rings. The zero-order chi connectivity index (χ0) is 17.5. The zero-order valence-electron chi connectivity index (χ0n) is 15.6. The molecule has 0 aliphatic carbocycles. The minimum absolute atomic E-state index is 0. The van der Waals surface area contributed by atoms with Crippen LogP contribution in [0.2, 0.25) is 0 Å². The Hall–Kier alpha value is -1.26. The first kappa shape index (κ1) is 21.8. The number of hydrogen-bond acceptors (Lipinski definition) is 2. The minimum atomic E-state index is -0.0646. The van der Waals surface area contributed by atoms with Crippen molar-refractivity contribution >= 4 is 22.4 Å². The Bertz CT molecular complexity index is 671. The molecule has 0 N–H and O–H groups in total. The van der Waals surface area contributed by atoms with E-state index in [0.717, 1.165) is 30.8 Å². The fourth-order valence-electron chi connectivity index (χ4n) is 2.87. The lowest BCUT2D eigenvalue weighted by atomic mass is 10.0. The summed E-state index contributed by atoms with van der Waals surface area (Å²) in [6, 6.07) is 16.6. The van der Waals surface area contributed by atoms with Crippen LogP contribution in [0.25, 0.3) is 0 Å². The van der Waals surface area contributed by atoms with Crippen LogP contribution in [0.15, 0.2) is 53.4 Å². The normalized spacial score (nSPS) is 11.5. The SMILES string of the molecule is CCc1ccc(C(=O)C[S+](C)c2ccccc2)c(N(CC)CC)c1.[Br-]. The first-order chi connectivity index (χ1) is 11.6. The number of halogens is 1. The smallest absolute Gasteiger partial charge is 0.214 e. The van der Waals surface area contributed by atoms with Crippen LogP contribution in [-0.4, -0.2) is 30.9 Å². The summed E-state index contributed by atoms with van der Waals surface area (Å²) >= 11 is 0. The highest BCUT2D eigenvalue weighted by atomic mass is 79.9. The van der Waals surface area contributed by atoms with E-state index in [1.54, 1.807) is 0 Å². The number of carbonyl (C=O) groups excluding carboxylic acids is 1. The van der Waals surface area contributed by atoms with Crippen LogP contribution in [0.3, 0.4) is 0 Å². The van der Waals surface area contributed by atoms with E-state index in [9.17, 15) is 4.79 Å². The van der Waals surface area contributed by atoms with Crippen molar-refractivity contribution in [3.05, 3.63) is 59.7 Å². The maximum absolute atomic E-state index is 13.0. The van der Waals surface area contributed by atoms with Crippen molar-refractivity contribution < 1.29 is 21.8 Å². The van der Waals surface area contributed by atoms with Gasteiger partial charge in [0.1, 0.15) is 6.26 Å². The quantitative estimate of drug-likeness (QED) is 0.476. The van der Waals surface area contributed by atoms with Crippen LogP contribution in [0, 0.1) is 0 Å². The molecular weight excluding hydrogens is 394 g/mol. The fraction of sp³-hybridized carbons (Fsp3) is 0.381. The Kier molecular flexibility index (Phi) is 9.30. The second kappa shape index (κ2) is 10.7. The summed E-state index contributed by atoms with van der Waals surface area (Å²) in [5.74, 6) is 0.818. The average molecular weight is 422 g/mol. The number of ketones is 1. The molecule has 0 aliphatic heterocycles. The number of benzene rings is 2. The largest absolute Gasteiger partial charge is 1.00 e. The predicted molar refractivity (Wildman–Crippen MR) is 107 cm³/mol. The van der Waals surface area contributed by atoms with Crippen LogP contribution < -0.4 is 21.9 Å². The van der Waals surface area contributed by atoms with Gasteiger partial charge in [-0.15, -0.1) is 0 Å². The van der Waals surface area contributed by atoms with Gasteiger partial charge in [-0.05, 0) is 50.1 Å². The third-order valence-electron chi connectivity index (χ3n) is 4.37. The highest BCUT2D eigenvalue weighted by Gasteiger charge is 2.24. The van der Waals surface area contributed by atoms with Crippen LogP contribution in [-0.2, 0) is 17.3 Å². The van der Waals surface area contributed by atoms with Crippen molar-refractivity contribution in [2.75, 3.05) is 30.0 Å². The molecule has 0 saturated carbocycles. The molecule has 0 amide bonds. The maximum atomic E-state index is 13.0. The van der Waals surface area contributed by atoms with E-state index in [1.165, 1.54) is 10.5 Å². The molecule has 2 nitrogen and oxygen atoms in total. The van der Waals surface area contributed by atoms with Gasteiger partial charge in [0, 0.05) is 35.2 Å². The van der Waals surface area contributed by atoms with E-state index in [-0.39, 0.29) is 33.7 Å². The Morgan fingerprint density at radius 1 is 1.00 bits per heavy atom. The summed E-state index contributed by atoms with van der Waals surface area (Å²) in [7, 11) is -0.0646. The van der Waals surface area contributed by atoms with Gasteiger partial charge in [-0.1, -0.05) is 31.2 Å². The number of aryl methyl sites for hydroxylation is 1. The lowest BCUT2D eigenvalue weighted by Gasteiger charge is -2.24. The minimum Gasteiger partial charge on any atom is -1.00 e. The van der Waals surface area contributed by atoms with Crippen LogP contribution in [0.1, 0.15) is 36.7 Å². The molecule has 25 heavy (non-hydrogen) atoms. The summed E-state index contributed by atoms with van der Waals surface area (Å²) in [5.41, 5.74) is 3.24. The van der Waals surface area contributed by atoms with Crippen molar-refractivity contribution in [3.63, 3.8) is 0 Å². The van der Waals surface area contributed by atoms with E-state index in [2.05, 4.69) is 56.2 Å². The van der Waals surface area contributed by atoms with Gasteiger partial charge in [0.05, 0.1) is 0 Å². The van der Waals surface area contributed by atoms with E-state index < -0.39 is 0 Å². The maximum Gasteiger partial charge on any atom is 0.214 e.